The third-order valence-electron chi connectivity index (χ3n) is 1.42. The molecule has 2 aromatic rings. The molecule has 93 valence electrons. The third-order valence-corrected chi connectivity index (χ3v) is 1.98. The molecule has 0 atom stereocenters. The van der Waals surface area contributed by atoms with Crippen LogP contribution in [-0.4, -0.2) is 24.6 Å². The van der Waals surface area contributed by atoms with Crippen LogP contribution >= 0.6 is 0 Å². The van der Waals surface area contributed by atoms with Gasteiger partial charge in [0.2, 0.25) is 10.0 Å². The standard InChI is InChI=1S/C6H5.C5H6N3O2S.Y/c1-2-4-6-5-3-1;1-11(9,10)8-5-2-3-6-4-7-5;/h1-5H;3-4H,1H3,(H,6,7,8);/q2*-1;. The zero-order valence-electron chi connectivity index (χ0n) is 9.74. The molecule has 0 amide bonds. The minimum atomic E-state index is -3.25. The molecule has 2 rings (SSSR count). The first-order chi connectivity index (χ1) is 8.08. The van der Waals surface area contributed by atoms with E-state index in [1.165, 1.54) is 12.5 Å². The van der Waals surface area contributed by atoms with E-state index >= 15 is 0 Å². The van der Waals surface area contributed by atoms with Gasteiger partial charge in [-0.05, 0) is 5.82 Å². The molecule has 0 saturated carbocycles. The van der Waals surface area contributed by atoms with Crippen molar-refractivity contribution in [2.75, 3.05) is 11.0 Å². The first-order valence-electron chi connectivity index (χ1n) is 4.64. The number of nitrogens with one attached hydrogen (secondary N) is 1. The summed E-state index contributed by atoms with van der Waals surface area (Å²) in [5, 5.41) is 0. The van der Waals surface area contributed by atoms with Crippen LogP contribution in [0, 0.1) is 12.1 Å². The molecule has 1 N–H and O–H groups in total. The van der Waals surface area contributed by atoms with E-state index in [-0.39, 0.29) is 38.5 Å². The Morgan fingerprint density at radius 1 is 1.22 bits per heavy atom. The number of anilines is 1. The summed E-state index contributed by atoms with van der Waals surface area (Å²) >= 11 is 0. The summed E-state index contributed by atoms with van der Waals surface area (Å²) in [4.78, 5) is 7.18. The normalized spacial score (nSPS) is 9.39. The van der Waals surface area contributed by atoms with Gasteiger partial charge in [0.15, 0.2) is 0 Å². The average molecular weight is 338 g/mol. The Morgan fingerprint density at radius 2 is 1.89 bits per heavy atom. The first-order valence-corrected chi connectivity index (χ1v) is 6.53. The van der Waals surface area contributed by atoms with E-state index in [2.05, 4.69) is 26.8 Å². The Hall–Kier alpha value is -0.846. The number of rotatable bonds is 2. The molecule has 0 bridgehead atoms. The summed E-state index contributed by atoms with van der Waals surface area (Å²) in [6, 6.07) is 15.0. The summed E-state index contributed by atoms with van der Waals surface area (Å²) in [5.41, 5.74) is 0. The zero-order chi connectivity index (χ0) is 12.6. The largest absolute Gasteiger partial charge is 0.407 e. The van der Waals surface area contributed by atoms with Crippen molar-refractivity contribution in [1.82, 2.24) is 9.97 Å². The second-order valence-corrected chi connectivity index (χ2v) is 4.72. The Balaban J connectivity index is 0.000000352. The smallest absolute Gasteiger partial charge is 0.228 e. The molecule has 0 aliphatic heterocycles. The Bertz CT molecular complexity index is 494. The van der Waals surface area contributed by atoms with Crippen LogP contribution in [0.5, 0.6) is 0 Å². The van der Waals surface area contributed by atoms with Crippen LogP contribution in [0.2, 0.25) is 0 Å². The maximum atomic E-state index is 10.6. The van der Waals surface area contributed by atoms with Gasteiger partial charge in [-0.25, -0.2) is 8.42 Å². The molecular formula is C11H11N3O2SY-2. The molecule has 0 aliphatic carbocycles. The van der Waals surface area contributed by atoms with Crippen molar-refractivity contribution in [2.24, 2.45) is 0 Å². The van der Waals surface area contributed by atoms with Crippen molar-refractivity contribution in [3.05, 3.63) is 55.0 Å². The molecule has 0 fully saturated rings. The van der Waals surface area contributed by atoms with Gasteiger partial charge in [0.05, 0.1) is 6.26 Å². The van der Waals surface area contributed by atoms with E-state index < -0.39 is 10.0 Å². The molecule has 1 aromatic carbocycles. The predicted octanol–water partition coefficient (Wildman–Crippen LogP) is 1.13. The minimum Gasteiger partial charge on any atom is -0.407 e. The van der Waals surface area contributed by atoms with E-state index in [1.54, 1.807) is 0 Å². The second-order valence-electron chi connectivity index (χ2n) is 2.97. The molecular weight excluding hydrogens is 327 g/mol. The summed E-state index contributed by atoms with van der Waals surface area (Å²) in [5.74, 6) is 0.155. The Kier molecular flexibility index (Phi) is 8.70. The molecule has 5 nitrogen and oxygen atoms in total. The average Bonchev–Trinajstić information content (AvgIpc) is 2.31. The molecule has 1 aromatic heterocycles. The first kappa shape index (κ1) is 17.2. The van der Waals surface area contributed by atoms with Gasteiger partial charge in [-0.2, -0.15) is 36.4 Å². The van der Waals surface area contributed by atoms with Gasteiger partial charge in [-0.15, -0.1) is 6.20 Å². The molecule has 0 unspecified atom stereocenters. The van der Waals surface area contributed by atoms with Crippen molar-refractivity contribution in [3.8, 4) is 0 Å². The number of aromatic nitrogens is 2. The molecule has 1 heterocycles. The zero-order valence-corrected chi connectivity index (χ0v) is 13.4. The van der Waals surface area contributed by atoms with Crippen LogP contribution in [0.1, 0.15) is 0 Å². The summed E-state index contributed by atoms with van der Waals surface area (Å²) in [7, 11) is -3.25. The van der Waals surface area contributed by atoms with E-state index in [9.17, 15) is 8.42 Å². The second kappa shape index (κ2) is 9.13. The Morgan fingerprint density at radius 3 is 2.22 bits per heavy atom. The fraction of sp³-hybridized carbons (Fsp3) is 0.0909. The van der Waals surface area contributed by atoms with Gasteiger partial charge < -0.3 is 10.8 Å². The van der Waals surface area contributed by atoms with Gasteiger partial charge in [0.1, 0.15) is 6.33 Å². The molecule has 0 spiro atoms. The minimum absolute atomic E-state index is 0. The molecule has 18 heavy (non-hydrogen) atoms. The maximum Gasteiger partial charge on any atom is 0.228 e. The van der Waals surface area contributed by atoms with Crippen LogP contribution in [0.4, 0.5) is 5.82 Å². The number of sulfonamides is 1. The van der Waals surface area contributed by atoms with E-state index in [1.807, 2.05) is 30.3 Å². The van der Waals surface area contributed by atoms with Crippen LogP contribution in [0.3, 0.4) is 0 Å². The van der Waals surface area contributed by atoms with Gasteiger partial charge in [0, 0.05) is 32.7 Å². The van der Waals surface area contributed by atoms with Crippen molar-refractivity contribution in [1.29, 1.82) is 0 Å². The fourth-order valence-electron chi connectivity index (χ4n) is 0.833. The van der Waals surface area contributed by atoms with Gasteiger partial charge >= 0.3 is 0 Å². The van der Waals surface area contributed by atoms with Crippen LogP contribution in [0.15, 0.2) is 42.9 Å². The van der Waals surface area contributed by atoms with Crippen LogP contribution < -0.4 is 4.72 Å². The van der Waals surface area contributed by atoms with Crippen molar-refractivity contribution < 1.29 is 41.1 Å². The topological polar surface area (TPSA) is 72.0 Å². The summed E-state index contributed by atoms with van der Waals surface area (Å²) in [6.07, 6.45) is 3.62. The molecule has 7 heteroatoms. The molecule has 1 radical (unpaired) electrons. The van der Waals surface area contributed by atoms with Crippen molar-refractivity contribution in [3.63, 3.8) is 0 Å². The number of benzene rings is 1. The molecule has 0 aliphatic rings. The predicted molar refractivity (Wildman–Crippen MR) is 64.6 cm³/mol. The Labute approximate surface area is 132 Å². The van der Waals surface area contributed by atoms with Crippen LogP contribution in [0.25, 0.3) is 0 Å². The monoisotopic (exact) mass is 338 g/mol. The van der Waals surface area contributed by atoms with Crippen LogP contribution in [-0.2, 0) is 42.7 Å². The van der Waals surface area contributed by atoms with Gasteiger partial charge in [0.25, 0.3) is 0 Å². The number of hydrogen-bond donors (Lipinski definition) is 1. The van der Waals surface area contributed by atoms with Crippen molar-refractivity contribution >= 4 is 15.8 Å². The van der Waals surface area contributed by atoms with Crippen molar-refractivity contribution in [2.45, 2.75) is 0 Å². The fourth-order valence-corrected chi connectivity index (χ4v) is 1.30. The van der Waals surface area contributed by atoms with E-state index in [0.29, 0.717) is 0 Å². The quantitative estimate of drug-likeness (QED) is 0.834. The SMILES string of the molecule is CS(=O)(=O)Nc1[c-]cncn1.[Y].[c-]1ccccc1. The summed E-state index contributed by atoms with van der Waals surface area (Å²) < 4.78 is 23.4. The maximum absolute atomic E-state index is 10.6. The van der Waals surface area contributed by atoms with Gasteiger partial charge in [-0.1, -0.05) is 0 Å². The number of hydrogen-bond acceptors (Lipinski definition) is 4. The third kappa shape index (κ3) is 9.21. The summed E-state index contributed by atoms with van der Waals surface area (Å²) in [6.45, 7) is 0. The van der Waals surface area contributed by atoms with E-state index in [0.717, 1.165) is 6.26 Å². The van der Waals surface area contributed by atoms with E-state index in [4.69, 9.17) is 0 Å². The number of nitrogens with zero attached hydrogens (tertiary/aromatic N) is 2. The van der Waals surface area contributed by atoms with Gasteiger partial charge in [-0.3, -0.25) is 9.97 Å². The molecule has 0 saturated heterocycles.